The molecule has 0 fully saturated rings. The number of benzene rings is 2. The maximum atomic E-state index is 12.7. The van der Waals surface area contributed by atoms with Crippen molar-refractivity contribution < 1.29 is 18.0 Å². The molecule has 0 spiro atoms. The van der Waals surface area contributed by atoms with Crippen LogP contribution < -0.4 is 10.9 Å². The van der Waals surface area contributed by atoms with Crippen LogP contribution in [0.15, 0.2) is 53.3 Å². The van der Waals surface area contributed by atoms with Gasteiger partial charge in [0.05, 0.1) is 22.5 Å². The number of anilines is 1. The van der Waals surface area contributed by atoms with Crippen molar-refractivity contribution in [2.45, 2.75) is 25.6 Å². The molecule has 0 aliphatic heterocycles. The van der Waals surface area contributed by atoms with Gasteiger partial charge in [-0.15, -0.1) is 0 Å². The van der Waals surface area contributed by atoms with Crippen LogP contribution in [0.2, 0.25) is 0 Å². The molecular weight excluding hydrogens is 397 g/mol. The number of nitrogens with zero attached hydrogens (tertiary/aromatic N) is 3. The molecule has 2 aromatic carbocycles. The average Bonchev–Trinajstić information content (AvgIpc) is 2.71. The lowest BCUT2D eigenvalue weighted by Gasteiger charge is -2.28. The van der Waals surface area contributed by atoms with E-state index in [0.29, 0.717) is 23.1 Å². The van der Waals surface area contributed by atoms with Crippen LogP contribution in [-0.2, 0) is 13.2 Å². The van der Waals surface area contributed by atoms with Crippen molar-refractivity contribution in [1.82, 2.24) is 14.5 Å². The monoisotopic (exact) mass is 418 g/mol. The quantitative estimate of drug-likeness (QED) is 0.675. The highest BCUT2D eigenvalue weighted by molar-refractivity contribution is 5.89. The Labute approximate surface area is 171 Å². The van der Waals surface area contributed by atoms with Gasteiger partial charge < -0.3 is 10.2 Å². The third-order valence-electron chi connectivity index (χ3n) is 4.95. The number of hydrogen-bond donors (Lipinski definition) is 1. The van der Waals surface area contributed by atoms with Gasteiger partial charge in [0.2, 0.25) is 0 Å². The Kier molecular flexibility index (Phi) is 5.82. The number of nitrogens with one attached hydrogen (secondary N) is 1. The zero-order chi connectivity index (χ0) is 22.1. The van der Waals surface area contributed by atoms with Crippen LogP contribution in [0.4, 0.5) is 23.7 Å². The van der Waals surface area contributed by atoms with E-state index in [9.17, 15) is 22.8 Å². The van der Waals surface area contributed by atoms with Crippen LogP contribution in [0.5, 0.6) is 0 Å². The molecular formula is C21H21F3N4O2. The summed E-state index contributed by atoms with van der Waals surface area (Å²) >= 11 is 0. The van der Waals surface area contributed by atoms with Crippen LogP contribution in [0.1, 0.15) is 30.8 Å². The first-order valence-electron chi connectivity index (χ1n) is 9.30. The molecule has 1 atom stereocenters. The first kappa shape index (κ1) is 21.4. The minimum atomic E-state index is -4.45. The van der Waals surface area contributed by atoms with Gasteiger partial charge in [-0.05, 0) is 42.8 Å². The van der Waals surface area contributed by atoms with Gasteiger partial charge in [-0.3, -0.25) is 9.36 Å². The topological polar surface area (TPSA) is 67.2 Å². The summed E-state index contributed by atoms with van der Waals surface area (Å²) in [5.74, 6) is 0.422. The van der Waals surface area contributed by atoms with Gasteiger partial charge in [0.15, 0.2) is 0 Å². The van der Waals surface area contributed by atoms with E-state index in [-0.39, 0.29) is 11.2 Å². The van der Waals surface area contributed by atoms with E-state index < -0.39 is 23.8 Å². The molecule has 3 rings (SSSR count). The largest absolute Gasteiger partial charge is 0.416 e. The van der Waals surface area contributed by atoms with Gasteiger partial charge in [0.25, 0.3) is 5.56 Å². The highest BCUT2D eigenvalue weighted by atomic mass is 19.4. The molecule has 2 amide bonds. The second-order valence-corrected chi connectivity index (χ2v) is 6.89. The second-order valence-electron chi connectivity index (χ2n) is 6.89. The fraction of sp³-hybridized carbons (Fsp3) is 0.286. The number of hydrogen-bond acceptors (Lipinski definition) is 3. The normalized spacial score (nSPS) is 12.6. The van der Waals surface area contributed by atoms with Gasteiger partial charge in [0.1, 0.15) is 5.82 Å². The summed E-state index contributed by atoms with van der Waals surface area (Å²) in [6.45, 7) is 1.86. The standard InChI is InChI=1S/C21H21F3N4O2/c1-4-17(18-26-16-8-6-5-7-15(16)19(29)28(18)3)27(2)20(30)25-14-11-9-13(10-12-14)21(22,23)24/h5-12,17H,4H2,1-3H3,(H,25,30). The van der Waals surface area contributed by atoms with E-state index in [0.717, 1.165) is 12.1 Å². The Morgan fingerprint density at radius 3 is 2.40 bits per heavy atom. The molecule has 0 radical (unpaired) electrons. The number of alkyl halides is 3. The average molecular weight is 418 g/mol. The lowest BCUT2D eigenvalue weighted by Crippen LogP contribution is -2.38. The van der Waals surface area contributed by atoms with Crippen molar-refractivity contribution in [3.8, 4) is 0 Å². The molecule has 9 heteroatoms. The third kappa shape index (κ3) is 4.14. The van der Waals surface area contributed by atoms with Crippen molar-refractivity contribution in [2.75, 3.05) is 12.4 Å². The SMILES string of the molecule is CCC(c1nc2ccccc2c(=O)n1C)N(C)C(=O)Nc1ccc(C(F)(F)F)cc1. The number of para-hydroxylation sites is 1. The number of carbonyl (C=O) groups excluding carboxylic acids is 1. The van der Waals surface area contributed by atoms with Crippen molar-refractivity contribution in [3.05, 3.63) is 70.3 Å². The molecule has 0 saturated heterocycles. The lowest BCUT2D eigenvalue weighted by molar-refractivity contribution is -0.137. The second kappa shape index (κ2) is 8.17. The number of carbonyl (C=O) groups is 1. The number of aromatic nitrogens is 2. The summed E-state index contributed by atoms with van der Waals surface area (Å²) in [4.78, 5) is 31.3. The van der Waals surface area contributed by atoms with Crippen LogP contribution >= 0.6 is 0 Å². The predicted molar refractivity (Wildman–Crippen MR) is 108 cm³/mol. The fourth-order valence-corrected chi connectivity index (χ4v) is 3.26. The van der Waals surface area contributed by atoms with Crippen molar-refractivity contribution in [3.63, 3.8) is 0 Å². The minimum absolute atomic E-state index is 0.217. The van der Waals surface area contributed by atoms with E-state index in [1.54, 1.807) is 38.4 Å². The molecule has 1 N–H and O–H groups in total. The molecule has 3 aromatic rings. The molecule has 0 aliphatic rings. The first-order chi connectivity index (χ1) is 14.1. The molecule has 6 nitrogen and oxygen atoms in total. The third-order valence-corrected chi connectivity index (χ3v) is 4.95. The first-order valence-corrected chi connectivity index (χ1v) is 9.30. The van der Waals surface area contributed by atoms with Crippen LogP contribution in [0, 0.1) is 0 Å². The maximum absolute atomic E-state index is 12.7. The maximum Gasteiger partial charge on any atom is 0.416 e. The molecule has 0 aliphatic carbocycles. The molecule has 0 bridgehead atoms. The predicted octanol–water partition coefficient (Wildman–Crippen LogP) is 4.57. The number of amides is 2. The van der Waals surface area contributed by atoms with Crippen molar-refractivity contribution >= 4 is 22.6 Å². The van der Waals surface area contributed by atoms with Gasteiger partial charge >= 0.3 is 12.2 Å². The highest BCUT2D eigenvalue weighted by Gasteiger charge is 2.30. The molecule has 158 valence electrons. The zero-order valence-electron chi connectivity index (χ0n) is 16.7. The molecule has 30 heavy (non-hydrogen) atoms. The molecule has 1 aromatic heterocycles. The number of rotatable bonds is 4. The Morgan fingerprint density at radius 1 is 1.17 bits per heavy atom. The van der Waals surface area contributed by atoms with E-state index >= 15 is 0 Å². The number of halogens is 3. The molecule has 1 unspecified atom stereocenters. The number of urea groups is 1. The Balaban J connectivity index is 1.86. The van der Waals surface area contributed by atoms with Gasteiger partial charge in [-0.1, -0.05) is 19.1 Å². The summed E-state index contributed by atoms with van der Waals surface area (Å²) in [5.41, 5.74) is -0.248. The van der Waals surface area contributed by atoms with E-state index in [1.165, 1.54) is 21.6 Å². The fourth-order valence-electron chi connectivity index (χ4n) is 3.26. The lowest BCUT2D eigenvalue weighted by atomic mass is 10.1. The minimum Gasteiger partial charge on any atom is -0.317 e. The van der Waals surface area contributed by atoms with Crippen LogP contribution in [-0.4, -0.2) is 27.5 Å². The smallest absolute Gasteiger partial charge is 0.317 e. The molecule has 1 heterocycles. The highest BCUT2D eigenvalue weighted by Crippen LogP contribution is 2.30. The van der Waals surface area contributed by atoms with Gasteiger partial charge in [0, 0.05) is 19.8 Å². The van der Waals surface area contributed by atoms with Gasteiger partial charge in [-0.2, -0.15) is 13.2 Å². The number of fused-ring (bicyclic) bond motifs is 1. The van der Waals surface area contributed by atoms with Crippen molar-refractivity contribution in [2.24, 2.45) is 7.05 Å². The van der Waals surface area contributed by atoms with Crippen LogP contribution in [0.25, 0.3) is 10.9 Å². The summed E-state index contributed by atoms with van der Waals surface area (Å²) in [7, 11) is 3.15. The summed E-state index contributed by atoms with van der Waals surface area (Å²) in [6.07, 6.45) is -3.96. The van der Waals surface area contributed by atoms with E-state index in [2.05, 4.69) is 10.3 Å². The molecule has 0 saturated carbocycles. The summed E-state index contributed by atoms with van der Waals surface area (Å²) in [6, 6.07) is 10.1. The summed E-state index contributed by atoms with van der Waals surface area (Å²) in [5, 5.41) is 3.06. The Hall–Kier alpha value is -3.36. The zero-order valence-corrected chi connectivity index (χ0v) is 16.7. The van der Waals surface area contributed by atoms with E-state index in [1.807, 2.05) is 6.92 Å². The Morgan fingerprint density at radius 2 is 1.80 bits per heavy atom. The van der Waals surface area contributed by atoms with Gasteiger partial charge in [-0.25, -0.2) is 9.78 Å². The van der Waals surface area contributed by atoms with Crippen LogP contribution in [0.3, 0.4) is 0 Å². The summed E-state index contributed by atoms with van der Waals surface area (Å²) < 4.78 is 39.5. The van der Waals surface area contributed by atoms with Crippen molar-refractivity contribution in [1.29, 1.82) is 0 Å². The Bertz CT molecular complexity index is 1120. The van der Waals surface area contributed by atoms with E-state index in [4.69, 9.17) is 0 Å².